The van der Waals surface area contributed by atoms with Crippen molar-refractivity contribution in [3.8, 4) is 0 Å². The summed E-state index contributed by atoms with van der Waals surface area (Å²) in [4.78, 5) is 0. The maximum Gasteiger partial charge on any atom is 0.0885 e. The predicted molar refractivity (Wildman–Crippen MR) is 64.6 cm³/mol. The van der Waals surface area contributed by atoms with E-state index in [4.69, 9.17) is 9.47 Å². The molecule has 1 saturated carbocycles. The van der Waals surface area contributed by atoms with Crippen LogP contribution in [0, 0.1) is 5.92 Å². The molecular weight excluding hydrogens is 202 g/mol. The maximum atomic E-state index is 6.23. The van der Waals surface area contributed by atoms with E-state index in [1.165, 1.54) is 32.1 Å². The van der Waals surface area contributed by atoms with Crippen LogP contribution in [-0.4, -0.2) is 38.5 Å². The quantitative estimate of drug-likeness (QED) is 0.799. The van der Waals surface area contributed by atoms with E-state index < -0.39 is 0 Å². The first-order valence-electron chi connectivity index (χ1n) is 6.69. The zero-order valence-electron chi connectivity index (χ0n) is 10.6. The van der Waals surface area contributed by atoms with Crippen LogP contribution in [-0.2, 0) is 9.47 Å². The summed E-state index contributed by atoms with van der Waals surface area (Å²) >= 11 is 0. The standard InChI is InChI=1S/C13H25NO2/c1-3-11-6-4-5-7-13(11)12(10-15-2)14-8-9-16-13/h11-12,14H,3-10H2,1-2H3. The highest BCUT2D eigenvalue weighted by Crippen LogP contribution is 2.42. The Morgan fingerprint density at radius 1 is 1.44 bits per heavy atom. The molecular formula is C13H25NO2. The SMILES string of the molecule is CCC1CCCCC12OCCNC2COC. The van der Waals surface area contributed by atoms with E-state index in [1.807, 2.05) is 0 Å². The summed E-state index contributed by atoms with van der Waals surface area (Å²) in [6.45, 7) is 4.89. The molecule has 2 rings (SSSR count). The number of ether oxygens (including phenoxy) is 2. The summed E-state index contributed by atoms with van der Waals surface area (Å²) < 4.78 is 11.6. The highest BCUT2D eigenvalue weighted by atomic mass is 16.5. The molecule has 2 aliphatic rings. The molecule has 1 aliphatic heterocycles. The van der Waals surface area contributed by atoms with Gasteiger partial charge in [-0.25, -0.2) is 0 Å². The average molecular weight is 227 g/mol. The third-order valence-electron chi connectivity index (χ3n) is 4.34. The molecule has 0 aromatic carbocycles. The topological polar surface area (TPSA) is 30.5 Å². The van der Waals surface area contributed by atoms with Crippen molar-refractivity contribution in [3.05, 3.63) is 0 Å². The van der Waals surface area contributed by atoms with Gasteiger partial charge in [0, 0.05) is 13.7 Å². The molecule has 0 aromatic rings. The Morgan fingerprint density at radius 3 is 3.06 bits per heavy atom. The molecule has 1 spiro atoms. The van der Waals surface area contributed by atoms with E-state index in [1.54, 1.807) is 7.11 Å². The molecule has 1 saturated heterocycles. The van der Waals surface area contributed by atoms with Crippen molar-refractivity contribution in [2.75, 3.05) is 26.9 Å². The molecule has 0 aromatic heterocycles. The van der Waals surface area contributed by atoms with Gasteiger partial charge < -0.3 is 14.8 Å². The van der Waals surface area contributed by atoms with Crippen molar-refractivity contribution in [2.45, 2.75) is 50.7 Å². The fourth-order valence-corrected chi connectivity index (χ4v) is 3.55. The first-order valence-corrected chi connectivity index (χ1v) is 6.69. The van der Waals surface area contributed by atoms with Gasteiger partial charge in [-0.05, 0) is 18.8 Å². The summed E-state index contributed by atoms with van der Waals surface area (Å²) in [6, 6.07) is 0.386. The van der Waals surface area contributed by atoms with Crippen LogP contribution in [0.5, 0.6) is 0 Å². The minimum atomic E-state index is 0.0568. The molecule has 1 N–H and O–H groups in total. The van der Waals surface area contributed by atoms with Gasteiger partial charge in [-0.2, -0.15) is 0 Å². The normalized spacial score (nSPS) is 40.1. The van der Waals surface area contributed by atoms with Crippen molar-refractivity contribution in [3.63, 3.8) is 0 Å². The third kappa shape index (κ3) is 2.13. The van der Waals surface area contributed by atoms with Gasteiger partial charge in [0.05, 0.1) is 24.9 Å². The molecule has 0 amide bonds. The molecule has 16 heavy (non-hydrogen) atoms. The molecule has 2 fully saturated rings. The largest absolute Gasteiger partial charge is 0.383 e. The number of nitrogens with one attached hydrogen (secondary N) is 1. The van der Waals surface area contributed by atoms with Crippen molar-refractivity contribution in [1.29, 1.82) is 0 Å². The van der Waals surface area contributed by atoms with Crippen LogP contribution in [0.4, 0.5) is 0 Å². The smallest absolute Gasteiger partial charge is 0.0885 e. The number of hydrogen-bond donors (Lipinski definition) is 1. The lowest BCUT2D eigenvalue weighted by Crippen LogP contribution is -2.64. The maximum absolute atomic E-state index is 6.23. The molecule has 3 nitrogen and oxygen atoms in total. The number of morpholine rings is 1. The number of hydrogen-bond acceptors (Lipinski definition) is 3. The van der Waals surface area contributed by atoms with Crippen LogP contribution in [0.2, 0.25) is 0 Å². The molecule has 3 heteroatoms. The van der Waals surface area contributed by atoms with Crippen molar-refractivity contribution in [1.82, 2.24) is 5.32 Å². The van der Waals surface area contributed by atoms with Crippen molar-refractivity contribution < 1.29 is 9.47 Å². The summed E-state index contributed by atoms with van der Waals surface area (Å²) in [5.74, 6) is 0.703. The van der Waals surface area contributed by atoms with Crippen LogP contribution >= 0.6 is 0 Å². The Labute approximate surface area is 98.9 Å². The first kappa shape index (κ1) is 12.3. The fraction of sp³-hybridized carbons (Fsp3) is 1.00. The first-order chi connectivity index (χ1) is 7.83. The highest BCUT2D eigenvalue weighted by molar-refractivity contribution is 5.02. The summed E-state index contributed by atoms with van der Waals surface area (Å²) in [5, 5.41) is 3.59. The van der Waals surface area contributed by atoms with E-state index >= 15 is 0 Å². The van der Waals surface area contributed by atoms with Crippen molar-refractivity contribution in [2.24, 2.45) is 5.92 Å². The molecule has 1 heterocycles. The van der Waals surface area contributed by atoms with Gasteiger partial charge in [0.25, 0.3) is 0 Å². The van der Waals surface area contributed by atoms with Crippen LogP contribution in [0.25, 0.3) is 0 Å². The van der Waals surface area contributed by atoms with Crippen LogP contribution in [0.1, 0.15) is 39.0 Å². The number of methoxy groups -OCH3 is 1. The lowest BCUT2D eigenvalue weighted by Gasteiger charge is -2.51. The monoisotopic (exact) mass is 227 g/mol. The van der Waals surface area contributed by atoms with Gasteiger partial charge in [-0.1, -0.05) is 26.2 Å². The lowest BCUT2D eigenvalue weighted by atomic mass is 9.69. The molecule has 1 aliphatic carbocycles. The van der Waals surface area contributed by atoms with Gasteiger partial charge in [-0.15, -0.1) is 0 Å². The second-order valence-corrected chi connectivity index (χ2v) is 5.12. The molecule has 94 valence electrons. The Balaban J connectivity index is 2.15. The Bertz CT molecular complexity index is 214. The second kappa shape index (κ2) is 5.48. The lowest BCUT2D eigenvalue weighted by molar-refractivity contribution is -0.161. The van der Waals surface area contributed by atoms with E-state index in [9.17, 15) is 0 Å². The average Bonchev–Trinajstić information content (AvgIpc) is 2.33. The third-order valence-corrected chi connectivity index (χ3v) is 4.34. The second-order valence-electron chi connectivity index (χ2n) is 5.12. The fourth-order valence-electron chi connectivity index (χ4n) is 3.55. The molecule has 3 atom stereocenters. The Kier molecular flexibility index (Phi) is 4.22. The van der Waals surface area contributed by atoms with Gasteiger partial charge >= 0.3 is 0 Å². The summed E-state index contributed by atoms with van der Waals surface area (Å²) in [6.07, 6.45) is 6.41. The summed E-state index contributed by atoms with van der Waals surface area (Å²) in [7, 11) is 1.79. The predicted octanol–water partition coefficient (Wildman–Crippen LogP) is 1.96. The van der Waals surface area contributed by atoms with Gasteiger partial charge in [0.2, 0.25) is 0 Å². The molecule has 3 unspecified atom stereocenters. The molecule has 0 bridgehead atoms. The van der Waals surface area contributed by atoms with Gasteiger partial charge in [0.15, 0.2) is 0 Å². The Morgan fingerprint density at radius 2 is 2.31 bits per heavy atom. The van der Waals surface area contributed by atoms with Crippen LogP contribution < -0.4 is 5.32 Å². The Hall–Kier alpha value is -0.120. The minimum absolute atomic E-state index is 0.0568. The molecule has 0 radical (unpaired) electrons. The van der Waals surface area contributed by atoms with Gasteiger partial charge in [0.1, 0.15) is 0 Å². The van der Waals surface area contributed by atoms with E-state index in [2.05, 4.69) is 12.2 Å². The summed E-state index contributed by atoms with van der Waals surface area (Å²) in [5.41, 5.74) is 0.0568. The van der Waals surface area contributed by atoms with E-state index in [-0.39, 0.29) is 5.60 Å². The minimum Gasteiger partial charge on any atom is -0.383 e. The van der Waals surface area contributed by atoms with E-state index in [0.717, 1.165) is 19.8 Å². The zero-order valence-corrected chi connectivity index (χ0v) is 10.6. The van der Waals surface area contributed by atoms with Crippen LogP contribution in [0.3, 0.4) is 0 Å². The zero-order chi connectivity index (χ0) is 11.4. The number of rotatable bonds is 3. The van der Waals surface area contributed by atoms with Crippen molar-refractivity contribution >= 4 is 0 Å². The van der Waals surface area contributed by atoms with E-state index in [0.29, 0.717) is 12.0 Å². The highest BCUT2D eigenvalue weighted by Gasteiger charge is 2.48. The van der Waals surface area contributed by atoms with Crippen LogP contribution in [0.15, 0.2) is 0 Å². The van der Waals surface area contributed by atoms with Gasteiger partial charge in [-0.3, -0.25) is 0 Å².